The summed E-state index contributed by atoms with van der Waals surface area (Å²) in [6.07, 6.45) is -7.07. The standard InChI is InChI=1S/C11H17F3N4O/c1-6(2)10-17-8(15-3)4-9(18-10)16-5-7(19)11(12,13)14/h4,6-7,19H,5H2,1-3H3,(H2,15,16,17,18). The van der Waals surface area contributed by atoms with Gasteiger partial charge in [-0.05, 0) is 0 Å². The molecule has 1 atom stereocenters. The molecule has 1 rings (SSSR count). The zero-order valence-electron chi connectivity index (χ0n) is 10.9. The fourth-order valence-corrected chi connectivity index (χ4v) is 1.26. The van der Waals surface area contributed by atoms with Gasteiger partial charge in [0, 0.05) is 19.0 Å². The highest BCUT2D eigenvalue weighted by Crippen LogP contribution is 2.21. The van der Waals surface area contributed by atoms with E-state index in [1.807, 2.05) is 13.8 Å². The summed E-state index contributed by atoms with van der Waals surface area (Å²) in [6, 6.07) is 1.48. The van der Waals surface area contributed by atoms with Gasteiger partial charge >= 0.3 is 6.18 Å². The second kappa shape index (κ2) is 6.05. The molecule has 0 fully saturated rings. The molecule has 0 spiro atoms. The van der Waals surface area contributed by atoms with E-state index in [-0.39, 0.29) is 11.7 Å². The fraction of sp³-hybridized carbons (Fsp3) is 0.636. The quantitative estimate of drug-likeness (QED) is 0.768. The third kappa shape index (κ3) is 4.55. The highest BCUT2D eigenvalue weighted by Gasteiger charge is 2.37. The van der Waals surface area contributed by atoms with Crippen molar-refractivity contribution in [3.05, 3.63) is 11.9 Å². The minimum Gasteiger partial charge on any atom is -0.382 e. The first-order valence-corrected chi connectivity index (χ1v) is 5.79. The minimum atomic E-state index is -4.65. The first-order valence-electron chi connectivity index (χ1n) is 5.79. The van der Waals surface area contributed by atoms with Crippen LogP contribution in [0.4, 0.5) is 24.8 Å². The van der Waals surface area contributed by atoms with Crippen molar-refractivity contribution in [1.29, 1.82) is 0 Å². The summed E-state index contributed by atoms with van der Waals surface area (Å²) in [5.74, 6) is 1.30. The molecular formula is C11H17F3N4O. The first-order chi connectivity index (χ1) is 8.74. The van der Waals surface area contributed by atoms with Crippen molar-refractivity contribution >= 4 is 11.6 Å². The lowest BCUT2D eigenvalue weighted by molar-refractivity contribution is -0.198. The van der Waals surface area contributed by atoms with E-state index in [4.69, 9.17) is 5.11 Å². The van der Waals surface area contributed by atoms with Gasteiger partial charge < -0.3 is 15.7 Å². The lowest BCUT2D eigenvalue weighted by atomic mass is 10.2. The van der Waals surface area contributed by atoms with E-state index in [1.54, 1.807) is 7.05 Å². The van der Waals surface area contributed by atoms with Gasteiger partial charge in [0.2, 0.25) is 0 Å². The maximum Gasteiger partial charge on any atom is 0.416 e. The van der Waals surface area contributed by atoms with E-state index < -0.39 is 18.8 Å². The van der Waals surface area contributed by atoms with Gasteiger partial charge in [-0.15, -0.1) is 0 Å². The number of aliphatic hydroxyl groups excluding tert-OH is 1. The van der Waals surface area contributed by atoms with Crippen LogP contribution in [-0.2, 0) is 0 Å². The SMILES string of the molecule is CNc1cc(NCC(O)C(F)(F)F)nc(C(C)C)n1. The monoisotopic (exact) mass is 278 g/mol. The highest BCUT2D eigenvalue weighted by atomic mass is 19.4. The highest BCUT2D eigenvalue weighted by molar-refractivity contribution is 5.47. The van der Waals surface area contributed by atoms with Crippen LogP contribution in [0.2, 0.25) is 0 Å². The smallest absolute Gasteiger partial charge is 0.382 e. The number of rotatable bonds is 5. The molecule has 1 unspecified atom stereocenters. The van der Waals surface area contributed by atoms with Gasteiger partial charge in [-0.1, -0.05) is 13.8 Å². The van der Waals surface area contributed by atoms with E-state index in [1.165, 1.54) is 6.07 Å². The van der Waals surface area contributed by atoms with Crippen LogP contribution in [0.5, 0.6) is 0 Å². The van der Waals surface area contributed by atoms with Crippen molar-refractivity contribution in [2.45, 2.75) is 32.0 Å². The summed E-state index contributed by atoms with van der Waals surface area (Å²) in [5, 5.41) is 14.2. The molecule has 19 heavy (non-hydrogen) atoms. The van der Waals surface area contributed by atoms with Gasteiger partial charge in [0.25, 0.3) is 0 Å². The number of hydrogen-bond acceptors (Lipinski definition) is 5. The van der Waals surface area contributed by atoms with Crippen molar-refractivity contribution in [2.24, 2.45) is 0 Å². The Labute approximate surface area is 109 Å². The van der Waals surface area contributed by atoms with Crippen LogP contribution < -0.4 is 10.6 Å². The van der Waals surface area contributed by atoms with Crippen LogP contribution in [0.1, 0.15) is 25.6 Å². The van der Waals surface area contributed by atoms with Crippen molar-refractivity contribution in [3.8, 4) is 0 Å². The van der Waals surface area contributed by atoms with E-state index in [0.717, 1.165) is 0 Å². The van der Waals surface area contributed by atoms with E-state index in [0.29, 0.717) is 11.6 Å². The zero-order chi connectivity index (χ0) is 14.6. The Hall–Kier alpha value is -1.57. The Morgan fingerprint density at radius 3 is 2.32 bits per heavy atom. The number of anilines is 2. The maximum absolute atomic E-state index is 12.2. The third-order valence-corrected chi connectivity index (χ3v) is 2.37. The van der Waals surface area contributed by atoms with Crippen molar-refractivity contribution < 1.29 is 18.3 Å². The minimum absolute atomic E-state index is 0.0430. The molecule has 0 aliphatic rings. The van der Waals surface area contributed by atoms with Crippen LogP contribution in [0, 0.1) is 0 Å². The van der Waals surface area contributed by atoms with Crippen LogP contribution in [0.3, 0.4) is 0 Å². The van der Waals surface area contributed by atoms with Gasteiger partial charge in [0.05, 0.1) is 6.54 Å². The molecule has 0 aliphatic carbocycles. The molecule has 0 radical (unpaired) electrons. The number of halogens is 3. The number of hydrogen-bond donors (Lipinski definition) is 3. The molecule has 0 saturated carbocycles. The summed E-state index contributed by atoms with van der Waals surface area (Å²) >= 11 is 0. The summed E-state index contributed by atoms with van der Waals surface area (Å²) in [7, 11) is 1.65. The normalized spacial score (nSPS) is 13.5. The Kier molecular flexibility index (Phi) is 4.93. The van der Waals surface area contributed by atoms with E-state index in [2.05, 4.69) is 20.6 Å². The predicted molar refractivity (Wildman–Crippen MR) is 66.2 cm³/mol. The lowest BCUT2D eigenvalue weighted by Crippen LogP contribution is -2.35. The van der Waals surface area contributed by atoms with Crippen LogP contribution in [0.15, 0.2) is 6.07 Å². The molecule has 0 amide bonds. The summed E-state index contributed by atoms with van der Waals surface area (Å²) in [6.45, 7) is 3.10. The largest absolute Gasteiger partial charge is 0.416 e. The van der Waals surface area contributed by atoms with Crippen molar-refractivity contribution in [3.63, 3.8) is 0 Å². The summed E-state index contributed by atoms with van der Waals surface area (Å²) in [5.41, 5.74) is 0. The van der Waals surface area contributed by atoms with Crippen LogP contribution in [0.25, 0.3) is 0 Å². The third-order valence-electron chi connectivity index (χ3n) is 2.37. The van der Waals surface area contributed by atoms with Gasteiger partial charge in [0.15, 0.2) is 6.10 Å². The second-order valence-electron chi connectivity index (χ2n) is 4.34. The Morgan fingerprint density at radius 1 is 1.26 bits per heavy atom. The molecule has 0 aromatic carbocycles. The molecule has 0 bridgehead atoms. The number of nitrogens with zero attached hydrogens (tertiary/aromatic N) is 2. The fourth-order valence-electron chi connectivity index (χ4n) is 1.26. The molecule has 1 heterocycles. The molecule has 3 N–H and O–H groups in total. The average molecular weight is 278 g/mol. The van der Waals surface area contributed by atoms with Crippen molar-refractivity contribution in [2.75, 3.05) is 24.2 Å². The van der Waals surface area contributed by atoms with E-state index in [9.17, 15) is 13.2 Å². The average Bonchev–Trinajstić information content (AvgIpc) is 2.34. The molecule has 1 aromatic rings. The van der Waals surface area contributed by atoms with Crippen LogP contribution in [-0.4, -0.2) is 40.9 Å². The van der Waals surface area contributed by atoms with E-state index >= 15 is 0 Å². The van der Waals surface area contributed by atoms with Gasteiger partial charge in [0.1, 0.15) is 17.5 Å². The molecule has 8 heteroatoms. The number of alkyl halides is 3. The number of aromatic nitrogens is 2. The van der Waals surface area contributed by atoms with Gasteiger partial charge in [-0.25, -0.2) is 9.97 Å². The summed E-state index contributed by atoms with van der Waals surface area (Å²) < 4.78 is 36.5. The molecule has 5 nitrogen and oxygen atoms in total. The Morgan fingerprint density at radius 2 is 1.84 bits per heavy atom. The molecule has 0 saturated heterocycles. The van der Waals surface area contributed by atoms with Crippen molar-refractivity contribution in [1.82, 2.24) is 9.97 Å². The van der Waals surface area contributed by atoms with Gasteiger partial charge in [-0.3, -0.25) is 0 Å². The number of nitrogens with one attached hydrogen (secondary N) is 2. The maximum atomic E-state index is 12.2. The Bertz CT molecular complexity index is 423. The van der Waals surface area contributed by atoms with Crippen LogP contribution >= 0.6 is 0 Å². The first kappa shape index (κ1) is 15.5. The van der Waals surface area contributed by atoms with Gasteiger partial charge in [-0.2, -0.15) is 13.2 Å². The lowest BCUT2D eigenvalue weighted by Gasteiger charge is -2.16. The number of aliphatic hydroxyl groups is 1. The molecular weight excluding hydrogens is 261 g/mol. The topological polar surface area (TPSA) is 70.1 Å². The molecule has 1 aromatic heterocycles. The summed E-state index contributed by atoms with van der Waals surface area (Å²) in [4.78, 5) is 8.27. The zero-order valence-corrected chi connectivity index (χ0v) is 10.9. The molecule has 0 aliphatic heterocycles. The predicted octanol–water partition coefficient (Wildman–Crippen LogP) is 1.98. The second-order valence-corrected chi connectivity index (χ2v) is 4.34. The Balaban J connectivity index is 2.80. The molecule has 108 valence electrons.